The van der Waals surface area contributed by atoms with Crippen molar-refractivity contribution >= 4 is 18.4 Å². The Morgan fingerprint density at radius 1 is 1.32 bits per heavy atom. The Bertz CT molecular complexity index is 493. The molecule has 1 atom stereocenters. The minimum Gasteiger partial charge on any atom is -0.484 e. The number of ether oxygens (including phenoxy) is 1. The Labute approximate surface area is 132 Å². The van der Waals surface area contributed by atoms with Gasteiger partial charge in [-0.05, 0) is 37.1 Å². The smallest absolute Gasteiger partial charge is 0.422 e. The molecule has 1 N–H and O–H groups in total. The van der Waals surface area contributed by atoms with Crippen LogP contribution >= 0.6 is 12.4 Å². The zero-order valence-electron chi connectivity index (χ0n) is 11.7. The van der Waals surface area contributed by atoms with Gasteiger partial charge in [-0.25, -0.2) is 0 Å². The molecule has 1 saturated heterocycles. The second-order valence-electron chi connectivity index (χ2n) is 5.01. The SMILES string of the molecule is Cl.O=C(O)C1CCCN1Cc1ccc(OCC(F)(F)F)cc1. The van der Waals surface area contributed by atoms with E-state index in [1.165, 1.54) is 12.1 Å². The van der Waals surface area contributed by atoms with Crippen LogP contribution < -0.4 is 4.74 Å². The average molecular weight is 340 g/mol. The molecule has 0 bridgehead atoms. The quantitative estimate of drug-likeness (QED) is 0.895. The largest absolute Gasteiger partial charge is 0.484 e. The summed E-state index contributed by atoms with van der Waals surface area (Å²) in [7, 11) is 0. The first-order valence-electron chi connectivity index (χ1n) is 6.60. The molecule has 1 aromatic carbocycles. The molecule has 0 amide bonds. The predicted molar refractivity (Wildman–Crippen MR) is 76.3 cm³/mol. The van der Waals surface area contributed by atoms with E-state index in [9.17, 15) is 18.0 Å². The molecule has 2 rings (SSSR count). The summed E-state index contributed by atoms with van der Waals surface area (Å²) < 4.78 is 40.7. The van der Waals surface area contributed by atoms with Gasteiger partial charge in [0, 0.05) is 6.54 Å². The molecule has 8 heteroatoms. The molecule has 0 spiro atoms. The topological polar surface area (TPSA) is 49.8 Å². The van der Waals surface area contributed by atoms with Crippen molar-refractivity contribution in [2.75, 3.05) is 13.2 Å². The van der Waals surface area contributed by atoms with E-state index in [2.05, 4.69) is 4.74 Å². The number of rotatable bonds is 5. The highest BCUT2D eigenvalue weighted by Gasteiger charge is 2.30. The molecule has 22 heavy (non-hydrogen) atoms. The van der Waals surface area contributed by atoms with Crippen LogP contribution in [-0.4, -0.2) is 41.3 Å². The van der Waals surface area contributed by atoms with Crippen LogP contribution in [0.4, 0.5) is 13.2 Å². The lowest BCUT2D eigenvalue weighted by Crippen LogP contribution is -2.35. The van der Waals surface area contributed by atoms with Gasteiger partial charge in [0.25, 0.3) is 0 Å². The van der Waals surface area contributed by atoms with E-state index in [4.69, 9.17) is 5.11 Å². The van der Waals surface area contributed by atoms with Gasteiger partial charge in [0.15, 0.2) is 6.61 Å². The number of nitrogens with zero attached hydrogens (tertiary/aromatic N) is 1. The molecular weight excluding hydrogens is 323 g/mol. The van der Waals surface area contributed by atoms with Gasteiger partial charge in [0.05, 0.1) is 0 Å². The van der Waals surface area contributed by atoms with Crippen molar-refractivity contribution in [1.82, 2.24) is 4.90 Å². The van der Waals surface area contributed by atoms with E-state index < -0.39 is 24.8 Å². The molecule has 1 fully saturated rings. The van der Waals surface area contributed by atoms with Crippen LogP contribution in [0.3, 0.4) is 0 Å². The minimum atomic E-state index is -4.36. The van der Waals surface area contributed by atoms with Crippen LogP contribution in [0.25, 0.3) is 0 Å². The maximum Gasteiger partial charge on any atom is 0.422 e. The lowest BCUT2D eigenvalue weighted by molar-refractivity contribution is -0.153. The van der Waals surface area contributed by atoms with Gasteiger partial charge >= 0.3 is 12.1 Å². The molecule has 0 saturated carbocycles. The third-order valence-corrected chi connectivity index (χ3v) is 3.36. The summed E-state index contributed by atoms with van der Waals surface area (Å²) in [6, 6.07) is 5.76. The third-order valence-electron chi connectivity index (χ3n) is 3.36. The summed E-state index contributed by atoms with van der Waals surface area (Å²) in [5, 5.41) is 9.08. The van der Waals surface area contributed by atoms with E-state index in [0.717, 1.165) is 12.0 Å². The summed E-state index contributed by atoms with van der Waals surface area (Å²) in [4.78, 5) is 12.9. The number of halogens is 4. The number of carboxylic acid groups (broad SMARTS) is 1. The van der Waals surface area contributed by atoms with Crippen LogP contribution in [0, 0.1) is 0 Å². The van der Waals surface area contributed by atoms with E-state index in [1.807, 2.05) is 4.90 Å². The second-order valence-corrected chi connectivity index (χ2v) is 5.01. The molecule has 1 heterocycles. The number of hydrogen-bond acceptors (Lipinski definition) is 3. The molecule has 0 radical (unpaired) electrons. The van der Waals surface area contributed by atoms with Gasteiger partial charge in [-0.1, -0.05) is 12.1 Å². The third kappa shape index (κ3) is 5.38. The highest BCUT2D eigenvalue weighted by molar-refractivity contribution is 5.85. The number of alkyl halides is 3. The Hall–Kier alpha value is -1.47. The first-order chi connectivity index (χ1) is 9.85. The summed E-state index contributed by atoms with van der Waals surface area (Å²) in [6.07, 6.45) is -2.89. The standard InChI is InChI=1S/C14H16F3NO3.ClH/c15-14(16,17)9-21-11-5-3-10(4-6-11)8-18-7-1-2-12(18)13(19)20;/h3-6,12H,1-2,7-9H2,(H,19,20);1H. The first kappa shape index (κ1) is 18.6. The highest BCUT2D eigenvalue weighted by Crippen LogP contribution is 2.22. The molecule has 124 valence electrons. The monoisotopic (exact) mass is 339 g/mol. The summed E-state index contributed by atoms with van der Waals surface area (Å²) in [5.74, 6) is -0.690. The van der Waals surface area contributed by atoms with Gasteiger partial charge in [0.1, 0.15) is 11.8 Å². The Kier molecular flexibility index (Phi) is 6.49. The van der Waals surface area contributed by atoms with Crippen molar-refractivity contribution in [3.63, 3.8) is 0 Å². The number of aliphatic carboxylic acids is 1. The number of carboxylic acids is 1. The normalized spacial score (nSPS) is 18.8. The maximum atomic E-state index is 12.0. The van der Waals surface area contributed by atoms with E-state index in [0.29, 0.717) is 19.5 Å². The lowest BCUT2D eigenvalue weighted by Gasteiger charge is -2.21. The Morgan fingerprint density at radius 3 is 2.50 bits per heavy atom. The minimum absolute atomic E-state index is 0. The highest BCUT2D eigenvalue weighted by atomic mass is 35.5. The predicted octanol–water partition coefficient (Wildman–Crippen LogP) is 3.10. The second kappa shape index (κ2) is 7.69. The number of benzene rings is 1. The van der Waals surface area contributed by atoms with E-state index >= 15 is 0 Å². The van der Waals surface area contributed by atoms with Gasteiger partial charge in [0.2, 0.25) is 0 Å². The molecule has 0 aromatic heterocycles. The number of hydrogen-bond donors (Lipinski definition) is 1. The molecule has 0 aliphatic carbocycles. The van der Waals surface area contributed by atoms with Crippen LogP contribution in [0.15, 0.2) is 24.3 Å². The molecular formula is C14H17ClF3NO3. The fourth-order valence-corrected chi connectivity index (χ4v) is 2.39. The van der Waals surface area contributed by atoms with Crippen molar-refractivity contribution in [2.24, 2.45) is 0 Å². The zero-order valence-corrected chi connectivity index (χ0v) is 12.5. The Morgan fingerprint density at radius 2 is 1.95 bits per heavy atom. The fraction of sp³-hybridized carbons (Fsp3) is 0.500. The molecule has 1 aliphatic heterocycles. The van der Waals surface area contributed by atoms with Crippen molar-refractivity contribution in [2.45, 2.75) is 31.6 Å². The molecule has 1 unspecified atom stereocenters. The van der Waals surface area contributed by atoms with Gasteiger partial charge in [-0.15, -0.1) is 12.4 Å². The van der Waals surface area contributed by atoms with Crippen molar-refractivity contribution in [3.05, 3.63) is 29.8 Å². The van der Waals surface area contributed by atoms with Crippen LogP contribution in [0.5, 0.6) is 5.75 Å². The molecule has 1 aliphatic rings. The van der Waals surface area contributed by atoms with Crippen LogP contribution in [-0.2, 0) is 11.3 Å². The summed E-state index contributed by atoms with van der Waals surface area (Å²) in [5.41, 5.74) is 0.850. The van der Waals surface area contributed by atoms with Gasteiger partial charge < -0.3 is 9.84 Å². The maximum absolute atomic E-state index is 12.0. The fourth-order valence-electron chi connectivity index (χ4n) is 2.39. The van der Waals surface area contributed by atoms with E-state index in [1.54, 1.807) is 12.1 Å². The molecule has 4 nitrogen and oxygen atoms in total. The van der Waals surface area contributed by atoms with Gasteiger partial charge in [-0.2, -0.15) is 13.2 Å². The van der Waals surface area contributed by atoms with Crippen molar-refractivity contribution in [1.29, 1.82) is 0 Å². The Balaban J connectivity index is 0.00000242. The zero-order chi connectivity index (χ0) is 15.5. The molecule has 1 aromatic rings. The van der Waals surface area contributed by atoms with E-state index in [-0.39, 0.29) is 18.2 Å². The van der Waals surface area contributed by atoms with Crippen LogP contribution in [0.1, 0.15) is 18.4 Å². The number of likely N-dealkylation sites (tertiary alicyclic amines) is 1. The average Bonchev–Trinajstić information content (AvgIpc) is 2.85. The first-order valence-corrected chi connectivity index (χ1v) is 6.60. The van der Waals surface area contributed by atoms with Gasteiger partial charge in [-0.3, -0.25) is 9.69 Å². The summed E-state index contributed by atoms with van der Waals surface area (Å²) in [6.45, 7) is -0.140. The number of carbonyl (C=O) groups is 1. The van der Waals surface area contributed by atoms with Crippen molar-refractivity contribution in [3.8, 4) is 5.75 Å². The lowest BCUT2D eigenvalue weighted by atomic mass is 10.2. The van der Waals surface area contributed by atoms with Crippen LogP contribution in [0.2, 0.25) is 0 Å². The summed E-state index contributed by atoms with van der Waals surface area (Å²) >= 11 is 0. The van der Waals surface area contributed by atoms with Crippen molar-refractivity contribution < 1.29 is 27.8 Å².